The molecule has 0 atom stereocenters. The Hall–Kier alpha value is -2.07. The number of guanidine groups is 1. The van der Waals surface area contributed by atoms with Crippen molar-refractivity contribution in [3.8, 4) is 11.5 Å². The molecule has 2 aromatic carbocycles. The zero-order valence-corrected chi connectivity index (χ0v) is 21.1. The molecule has 1 aliphatic heterocycles. The molecule has 2 aromatic rings. The predicted octanol–water partition coefficient (Wildman–Crippen LogP) is 3.92. The molecule has 1 fully saturated rings. The van der Waals surface area contributed by atoms with Crippen LogP contribution >= 0.6 is 24.0 Å². The maximum atomic E-state index is 13.9. The van der Waals surface area contributed by atoms with E-state index in [4.69, 9.17) is 9.73 Å². The Labute approximate surface area is 207 Å². The number of phenols is 1. The number of halogens is 2. The first-order chi connectivity index (χ1) is 15.1. The number of benzene rings is 2. The number of nitrogens with zero attached hydrogens (tertiary/aromatic N) is 2. The third kappa shape index (κ3) is 8.12. The number of hydrogen-bond donors (Lipinski definition) is 3. The second-order valence-electron chi connectivity index (χ2n) is 7.84. The molecule has 0 spiro atoms. The number of aliphatic imine (C=N–C) groups is 1. The monoisotopic (exact) mass is 556 g/mol. The summed E-state index contributed by atoms with van der Waals surface area (Å²) in [7, 11) is 1.48. The van der Waals surface area contributed by atoms with Crippen LogP contribution in [-0.2, 0) is 13.0 Å². The fourth-order valence-corrected chi connectivity index (χ4v) is 3.82. The molecule has 0 saturated carbocycles. The highest BCUT2D eigenvalue weighted by Crippen LogP contribution is 2.20. The Morgan fingerprint density at radius 1 is 1.19 bits per heavy atom. The normalized spacial score (nSPS) is 15.2. The Kier molecular flexibility index (Phi) is 11.0. The molecule has 6 nitrogen and oxygen atoms in total. The van der Waals surface area contributed by atoms with E-state index in [2.05, 4.69) is 22.5 Å². The van der Waals surface area contributed by atoms with E-state index in [0.717, 1.165) is 62.5 Å². The number of likely N-dealkylation sites (tertiary alicyclic amines) is 1. The molecular weight excluding hydrogens is 522 g/mol. The van der Waals surface area contributed by atoms with Crippen molar-refractivity contribution in [2.75, 3.05) is 33.3 Å². The van der Waals surface area contributed by atoms with Gasteiger partial charge < -0.3 is 20.5 Å². The minimum Gasteiger partial charge on any atom is -0.508 e. The van der Waals surface area contributed by atoms with Gasteiger partial charge in [-0.1, -0.05) is 18.2 Å². The lowest BCUT2D eigenvalue weighted by Gasteiger charge is -2.33. The van der Waals surface area contributed by atoms with Crippen LogP contribution in [0.3, 0.4) is 0 Å². The van der Waals surface area contributed by atoms with Crippen molar-refractivity contribution < 1.29 is 14.2 Å². The van der Waals surface area contributed by atoms with Crippen molar-refractivity contribution in [3.05, 3.63) is 59.4 Å². The van der Waals surface area contributed by atoms with Crippen molar-refractivity contribution in [3.63, 3.8) is 0 Å². The number of phenolic OH excluding ortho intramolecular Hbond substituents is 1. The van der Waals surface area contributed by atoms with E-state index in [9.17, 15) is 9.50 Å². The first-order valence-corrected chi connectivity index (χ1v) is 10.9. The molecule has 0 unspecified atom stereocenters. The molecule has 0 bridgehead atoms. The molecule has 0 aromatic heterocycles. The molecule has 3 rings (SSSR count). The van der Waals surface area contributed by atoms with Gasteiger partial charge in [0, 0.05) is 38.8 Å². The topological polar surface area (TPSA) is 69.1 Å². The Morgan fingerprint density at radius 2 is 1.97 bits per heavy atom. The number of methoxy groups -OCH3 is 1. The first kappa shape index (κ1) is 26.2. The van der Waals surface area contributed by atoms with E-state index in [1.807, 2.05) is 18.2 Å². The molecule has 1 aliphatic rings. The number of hydrogen-bond acceptors (Lipinski definition) is 4. The van der Waals surface area contributed by atoms with Gasteiger partial charge in [0.2, 0.25) is 0 Å². The van der Waals surface area contributed by atoms with E-state index in [0.29, 0.717) is 12.6 Å². The van der Waals surface area contributed by atoms with Crippen LogP contribution in [0, 0.1) is 5.82 Å². The van der Waals surface area contributed by atoms with Crippen LogP contribution in [0.2, 0.25) is 0 Å². The van der Waals surface area contributed by atoms with Crippen molar-refractivity contribution >= 4 is 29.9 Å². The average molecular weight is 556 g/mol. The van der Waals surface area contributed by atoms with Gasteiger partial charge in [-0.05, 0) is 61.6 Å². The van der Waals surface area contributed by atoms with Gasteiger partial charge in [0.1, 0.15) is 5.75 Å². The van der Waals surface area contributed by atoms with Crippen LogP contribution < -0.4 is 15.4 Å². The highest BCUT2D eigenvalue weighted by atomic mass is 127. The van der Waals surface area contributed by atoms with Crippen LogP contribution in [0.5, 0.6) is 11.5 Å². The minimum absolute atomic E-state index is 0. The second-order valence-corrected chi connectivity index (χ2v) is 7.84. The van der Waals surface area contributed by atoms with E-state index in [1.165, 1.54) is 7.11 Å². The van der Waals surface area contributed by atoms with Crippen LogP contribution in [0.4, 0.5) is 4.39 Å². The molecule has 1 heterocycles. The van der Waals surface area contributed by atoms with E-state index >= 15 is 0 Å². The van der Waals surface area contributed by atoms with E-state index in [-0.39, 0.29) is 41.3 Å². The third-order valence-electron chi connectivity index (χ3n) is 5.48. The van der Waals surface area contributed by atoms with Gasteiger partial charge in [-0.15, -0.1) is 24.0 Å². The largest absolute Gasteiger partial charge is 0.508 e. The van der Waals surface area contributed by atoms with Crippen LogP contribution in [0.15, 0.2) is 47.5 Å². The number of rotatable bonds is 8. The SMILES string of the molecule is CCNC(=NCCc1cccc(O)c1)NC1CCN(Cc2ccc(OC)c(F)c2)CC1.I. The van der Waals surface area contributed by atoms with Crippen molar-refractivity contribution in [2.24, 2.45) is 4.99 Å². The molecule has 8 heteroatoms. The van der Waals surface area contributed by atoms with Gasteiger partial charge in [-0.2, -0.15) is 0 Å². The fourth-order valence-electron chi connectivity index (χ4n) is 3.82. The summed E-state index contributed by atoms with van der Waals surface area (Å²) in [5, 5.41) is 16.5. The highest BCUT2D eigenvalue weighted by Gasteiger charge is 2.20. The van der Waals surface area contributed by atoms with Crippen LogP contribution in [0.1, 0.15) is 30.9 Å². The zero-order chi connectivity index (χ0) is 22.1. The second kappa shape index (κ2) is 13.5. The van der Waals surface area contributed by atoms with Crippen molar-refractivity contribution in [1.29, 1.82) is 0 Å². The van der Waals surface area contributed by atoms with Gasteiger partial charge in [0.25, 0.3) is 0 Å². The van der Waals surface area contributed by atoms with Gasteiger partial charge >= 0.3 is 0 Å². The molecule has 3 N–H and O–H groups in total. The van der Waals surface area contributed by atoms with Crippen LogP contribution in [-0.4, -0.2) is 55.3 Å². The van der Waals surface area contributed by atoms with Gasteiger partial charge in [0.05, 0.1) is 7.11 Å². The lowest BCUT2D eigenvalue weighted by atomic mass is 10.0. The summed E-state index contributed by atoms with van der Waals surface area (Å²) in [5.74, 6) is 1.09. The molecule has 1 saturated heterocycles. The standard InChI is InChI=1S/C24H33FN4O2.HI/c1-3-26-24(27-12-9-18-5-4-6-21(30)15-18)28-20-10-13-29(14-11-20)17-19-7-8-23(31-2)22(25)16-19;/h4-8,15-16,20,30H,3,9-14,17H2,1-2H3,(H2,26,27,28);1H. The maximum absolute atomic E-state index is 13.9. The molecule has 176 valence electrons. The average Bonchev–Trinajstić information content (AvgIpc) is 2.75. The summed E-state index contributed by atoms with van der Waals surface area (Å²) in [6, 6.07) is 12.8. The summed E-state index contributed by atoms with van der Waals surface area (Å²) < 4.78 is 18.9. The molecular formula is C24H34FIN4O2. The predicted molar refractivity (Wildman–Crippen MR) is 138 cm³/mol. The molecule has 32 heavy (non-hydrogen) atoms. The molecule has 0 amide bonds. The number of ether oxygens (including phenoxy) is 1. The Balaban J connectivity index is 0.00000363. The first-order valence-electron chi connectivity index (χ1n) is 10.9. The van der Waals surface area contributed by atoms with Gasteiger partial charge in [-0.3, -0.25) is 9.89 Å². The molecule has 0 aliphatic carbocycles. The minimum atomic E-state index is -0.311. The number of aromatic hydroxyl groups is 1. The molecule has 0 radical (unpaired) electrons. The summed E-state index contributed by atoms with van der Waals surface area (Å²) in [6.45, 7) is 6.16. The van der Waals surface area contributed by atoms with E-state index < -0.39 is 0 Å². The van der Waals surface area contributed by atoms with Gasteiger partial charge in [-0.25, -0.2) is 4.39 Å². The summed E-state index contributed by atoms with van der Waals surface area (Å²) in [6.07, 6.45) is 2.80. The number of nitrogens with one attached hydrogen (secondary N) is 2. The summed E-state index contributed by atoms with van der Waals surface area (Å²) in [5.41, 5.74) is 2.04. The van der Waals surface area contributed by atoms with Gasteiger partial charge in [0.15, 0.2) is 17.5 Å². The Bertz CT molecular complexity index is 873. The smallest absolute Gasteiger partial charge is 0.191 e. The fraction of sp³-hybridized carbons (Fsp3) is 0.458. The maximum Gasteiger partial charge on any atom is 0.191 e. The van der Waals surface area contributed by atoms with Crippen LogP contribution in [0.25, 0.3) is 0 Å². The lowest BCUT2D eigenvalue weighted by Crippen LogP contribution is -2.48. The lowest BCUT2D eigenvalue weighted by molar-refractivity contribution is 0.198. The third-order valence-corrected chi connectivity index (χ3v) is 5.48. The van der Waals surface area contributed by atoms with E-state index in [1.54, 1.807) is 24.3 Å². The quantitative estimate of drug-likeness (QED) is 0.262. The zero-order valence-electron chi connectivity index (χ0n) is 18.8. The summed E-state index contributed by atoms with van der Waals surface area (Å²) >= 11 is 0. The van der Waals surface area contributed by atoms with Crippen molar-refractivity contribution in [1.82, 2.24) is 15.5 Å². The summed E-state index contributed by atoms with van der Waals surface area (Å²) in [4.78, 5) is 7.04. The number of piperidine rings is 1. The van der Waals surface area contributed by atoms with Crippen molar-refractivity contribution in [2.45, 2.75) is 38.8 Å². The Morgan fingerprint density at radius 3 is 2.62 bits per heavy atom. The highest BCUT2D eigenvalue weighted by molar-refractivity contribution is 14.0.